The van der Waals surface area contributed by atoms with Crippen molar-refractivity contribution in [2.75, 3.05) is 30.9 Å². The van der Waals surface area contributed by atoms with Gasteiger partial charge in [-0.25, -0.2) is 4.98 Å². The van der Waals surface area contributed by atoms with Gasteiger partial charge >= 0.3 is 0 Å². The molecule has 9 heteroatoms. The van der Waals surface area contributed by atoms with Crippen molar-refractivity contribution < 1.29 is 14.3 Å². The lowest BCUT2D eigenvalue weighted by Gasteiger charge is -2.20. The van der Waals surface area contributed by atoms with Crippen LogP contribution in [-0.4, -0.2) is 46.7 Å². The van der Waals surface area contributed by atoms with Gasteiger partial charge in [-0.2, -0.15) is 5.10 Å². The number of methoxy groups -OCH3 is 1. The molecule has 0 aliphatic rings. The van der Waals surface area contributed by atoms with Crippen molar-refractivity contribution in [1.82, 2.24) is 14.8 Å². The molecule has 184 valence electrons. The minimum absolute atomic E-state index is 0.0459. The van der Waals surface area contributed by atoms with Crippen LogP contribution in [0.3, 0.4) is 0 Å². The van der Waals surface area contributed by atoms with Crippen LogP contribution in [0.4, 0.5) is 5.13 Å². The number of amides is 1. The predicted octanol–water partition coefficient (Wildman–Crippen LogP) is 5.73. The summed E-state index contributed by atoms with van der Waals surface area (Å²) in [5.74, 6) is 2.29. The lowest BCUT2D eigenvalue weighted by molar-refractivity contribution is -0.118. The van der Waals surface area contributed by atoms with Crippen molar-refractivity contribution in [1.29, 1.82) is 0 Å². The Balaban J connectivity index is 1.52. The maximum atomic E-state index is 13.4. The van der Waals surface area contributed by atoms with Gasteiger partial charge in [-0.15, -0.1) is 11.8 Å². The van der Waals surface area contributed by atoms with Crippen LogP contribution in [0, 0.1) is 13.8 Å². The van der Waals surface area contributed by atoms with E-state index in [1.807, 2.05) is 74.0 Å². The van der Waals surface area contributed by atoms with Crippen LogP contribution < -0.4 is 14.4 Å². The Morgan fingerprint density at radius 2 is 1.97 bits per heavy atom. The van der Waals surface area contributed by atoms with Gasteiger partial charge in [0.05, 0.1) is 30.7 Å². The summed E-state index contributed by atoms with van der Waals surface area (Å²) in [6.07, 6.45) is 0.405. The van der Waals surface area contributed by atoms with Gasteiger partial charge in [0.1, 0.15) is 17.0 Å². The van der Waals surface area contributed by atoms with Crippen LogP contribution >= 0.6 is 23.1 Å². The number of carbonyl (C=O) groups excluding carboxylic acids is 1. The highest BCUT2D eigenvalue weighted by Gasteiger charge is 2.21. The quantitative estimate of drug-likeness (QED) is 0.240. The summed E-state index contributed by atoms with van der Waals surface area (Å²) in [7, 11) is 1.65. The van der Waals surface area contributed by atoms with Gasteiger partial charge in [0, 0.05) is 29.3 Å². The van der Waals surface area contributed by atoms with E-state index in [0.717, 1.165) is 38.0 Å². The van der Waals surface area contributed by atoms with Crippen LogP contribution in [0.2, 0.25) is 0 Å². The highest BCUT2D eigenvalue weighted by Crippen LogP contribution is 2.34. The molecule has 2 heterocycles. The summed E-state index contributed by atoms with van der Waals surface area (Å²) < 4.78 is 13.9. The van der Waals surface area contributed by atoms with Gasteiger partial charge in [0.15, 0.2) is 5.13 Å². The second-order valence-electron chi connectivity index (χ2n) is 8.00. The molecule has 1 amide bonds. The molecule has 4 rings (SSSR count). The predicted molar refractivity (Wildman–Crippen MR) is 143 cm³/mol. The molecule has 0 bridgehead atoms. The number of thioether (sulfide) groups is 1. The first kappa shape index (κ1) is 25.1. The number of para-hydroxylation sites is 1. The number of carbonyl (C=O) groups is 1. The Kier molecular flexibility index (Phi) is 8.30. The minimum Gasteiger partial charge on any atom is -0.497 e. The second-order valence-corrected chi connectivity index (χ2v) is 10.2. The van der Waals surface area contributed by atoms with Crippen LogP contribution in [0.5, 0.6) is 11.5 Å². The van der Waals surface area contributed by atoms with E-state index in [9.17, 15) is 4.79 Å². The molecule has 0 aliphatic carbocycles. The molecule has 35 heavy (non-hydrogen) atoms. The number of ether oxygens (including phenoxy) is 2. The van der Waals surface area contributed by atoms with E-state index >= 15 is 0 Å². The highest BCUT2D eigenvalue weighted by atomic mass is 32.2. The molecular weight excluding hydrogens is 480 g/mol. The Bertz CT molecular complexity index is 1280. The lowest BCUT2D eigenvalue weighted by Crippen LogP contribution is -2.34. The third kappa shape index (κ3) is 6.15. The van der Waals surface area contributed by atoms with E-state index in [1.54, 1.807) is 23.8 Å². The molecule has 0 unspecified atom stereocenters. The fourth-order valence-electron chi connectivity index (χ4n) is 3.79. The largest absolute Gasteiger partial charge is 0.497 e. The average Bonchev–Trinajstić information content (AvgIpc) is 3.42. The zero-order valence-corrected chi connectivity index (χ0v) is 22.1. The summed E-state index contributed by atoms with van der Waals surface area (Å²) in [6.45, 7) is 7.63. The van der Waals surface area contributed by atoms with Crippen molar-refractivity contribution in [3.8, 4) is 11.5 Å². The normalized spacial score (nSPS) is 11.1. The smallest absolute Gasteiger partial charge is 0.229 e. The molecule has 0 fully saturated rings. The number of hydrogen-bond donors (Lipinski definition) is 0. The van der Waals surface area contributed by atoms with E-state index in [4.69, 9.17) is 14.5 Å². The van der Waals surface area contributed by atoms with E-state index < -0.39 is 0 Å². The van der Waals surface area contributed by atoms with Crippen molar-refractivity contribution in [3.63, 3.8) is 0 Å². The van der Waals surface area contributed by atoms with Gasteiger partial charge in [0.2, 0.25) is 5.91 Å². The lowest BCUT2D eigenvalue weighted by atomic mass is 10.3. The fourth-order valence-corrected chi connectivity index (χ4v) is 5.65. The standard InChI is InChI=1S/C26H30N4O3S2/c1-5-33-22-7-6-8-23-25(22)27-26(35-23)29(14-15-30-19(3)17-18(2)28-30)24(31)13-16-34-21-11-9-20(32-4)10-12-21/h6-12,17H,5,13-16H2,1-4H3. The van der Waals surface area contributed by atoms with Crippen molar-refractivity contribution >= 4 is 44.4 Å². The van der Waals surface area contributed by atoms with Gasteiger partial charge < -0.3 is 9.47 Å². The number of fused-ring (bicyclic) bond motifs is 1. The van der Waals surface area contributed by atoms with Crippen LogP contribution in [0.25, 0.3) is 10.2 Å². The maximum Gasteiger partial charge on any atom is 0.229 e. The summed E-state index contributed by atoms with van der Waals surface area (Å²) in [6, 6.07) is 15.8. The number of thiazole rings is 1. The van der Waals surface area contributed by atoms with Gasteiger partial charge in [-0.1, -0.05) is 17.4 Å². The third-order valence-electron chi connectivity index (χ3n) is 5.49. The Morgan fingerprint density at radius 3 is 2.66 bits per heavy atom. The summed E-state index contributed by atoms with van der Waals surface area (Å²) in [4.78, 5) is 21.2. The molecule has 0 radical (unpaired) electrons. The molecule has 0 atom stereocenters. The van der Waals surface area contributed by atoms with Crippen molar-refractivity contribution in [3.05, 3.63) is 59.9 Å². The number of benzene rings is 2. The maximum absolute atomic E-state index is 13.4. The van der Waals surface area contributed by atoms with Crippen LogP contribution in [-0.2, 0) is 11.3 Å². The molecule has 0 saturated carbocycles. The van der Waals surface area contributed by atoms with E-state index in [-0.39, 0.29) is 5.91 Å². The second kappa shape index (κ2) is 11.6. The number of anilines is 1. The minimum atomic E-state index is 0.0459. The molecule has 2 aromatic heterocycles. The Labute approximate surface area is 214 Å². The number of aromatic nitrogens is 3. The average molecular weight is 511 g/mol. The van der Waals surface area contributed by atoms with E-state index in [1.165, 1.54) is 11.3 Å². The summed E-state index contributed by atoms with van der Waals surface area (Å²) in [5.41, 5.74) is 2.84. The first-order valence-electron chi connectivity index (χ1n) is 11.6. The number of hydrogen-bond acceptors (Lipinski definition) is 7. The molecule has 4 aromatic rings. The molecule has 0 saturated heterocycles. The fraction of sp³-hybridized carbons (Fsp3) is 0.346. The zero-order valence-electron chi connectivity index (χ0n) is 20.5. The first-order chi connectivity index (χ1) is 17.0. The third-order valence-corrected chi connectivity index (χ3v) is 7.54. The highest BCUT2D eigenvalue weighted by molar-refractivity contribution is 7.99. The van der Waals surface area contributed by atoms with Crippen LogP contribution in [0.15, 0.2) is 53.4 Å². The number of nitrogens with zero attached hydrogens (tertiary/aromatic N) is 4. The first-order valence-corrected chi connectivity index (χ1v) is 13.4. The molecule has 2 aromatic carbocycles. The van der Waals surface area contributed by atoms with E-state index in [0.29, 0.717) is 37.0 Å². The molecular formula is C26H30N4O3S2. The Hall–Kier alpha value is -3.04. The molecule has 0 aliphatic heterocycles. The Morgan fingerprint density at radius 1 is 1.17 bits per heavy atom. The molecule has 0 N–H and O–H groups in total. The van der Waals surface area contributed by atoms with Crippen molar-refractivity contribution in [2.45, 2.75) is 38.6 Å². The number of rotatable bonds is 11. The topological polar surface area (TPSA) is 69.5 Å². The van der Waals surface area contributed by atoms with Crippen molar-refractivity contribution in [2.24, 2.45) is 0 Å². The van der Waals surface area contributed by atoms with Gasteiger partial charge in [-0.3, -0.25) is 14.4 Å². The molecule has 7 nitrogen and oxygen atoms in total. The van der Waals surface area contributed by atoms with Gasteiger partial charge in [0.25, 0.3) is 0 Å². The number of aryl methyl sites for hydroxylation is 2. The summed E-state index contributed by atoms with van der Waals surface area (Å²) >= 11 is 3.17. The van der Waals surface area contributed by atoms with E-state index in [2.05, 4.69) is 5.10 Å². The monoisotopic (exact) mass is 510 g/mol. The molecule has 0 spiro atoms. The van der Waals surface area contributed by atoms with Gasteiger partial charge in [-0.05, 0) is 63.2 Å². The summed E-state index contributed by atoms with van der Waals surface area (Å²) in [5, 5.41) is 5.25. The zero-order chi connectivity index (χ0) is 24.8. The SMILES string of the molecule is CCOc1cccc2sc(N(CCn3nc(C)cc3C)C(=O)CCSc3ccc(OC)cc3)nc12. The van der Waals surface area contributed by atoms with Crippen LogP contribution in [0.1, 0.15) is 24.7 Å².